The molecule has 150 valence electrons. The fourth-order valence-electron chi connectivity index (χ4n) is 3.58. The zero-order valence-electron chi connectivity index (χ0n) is 17.0. The van der Waals surface area contributed by atoms with Crippen molar-refractivity contribution < 1.29 is 19.0 Å². The number of ether oxygens (including phenoxy) is 3. The minimum Gasteiger partial charge on any atom is -0.493 e. The average molecular weight is 384 g/mol. The Kier molecular flexibility index (Phi) is 6.41. The molecule has 2 aromatic carbocycles. The van der Waals surface area contributed by atoms with Crippen molar-refractivity contribution >= 4 is 5.91 Å². The second-order valence-corrected chi connectivity index (χ2v) is 6.88. The molecule has 1 saturated heterocycles. The van der Waals surface area contributed by atoms with E-state index in [-0.39, 0.29) is 5.91 Å². The van der Waals surface area contributed by atoms with E-state index in [4.69, 9.17) is 14.2 Å². The molecule has 0 unspecified atom stereocenters. The highest BCUT2D eigenvalue weighted by Gasteiger charge is 2.27. The predicted molar refractivity (Wildman–Crippen MR) is 108 cm³/mol. The maximum absolute atomic E-state index is 13.1. The van der Waals surface area contributed by atoms with Gasteiger partial charge in [0.05, 0.1) is 26.9 Å². The van der Waals surface area contributed by atoms with E-state index in [0.29, 0.717) is 35.9 Å². The molecule has 0 atom stereocenters. The number of aryl methyl sites for hydroxylation is 1. The van der Waals surface area contributed by atoms with E-state index in [9.17, 15) is 4.79 Å². The topological polar surface area (TPSA) is 51.2 Å². The smallest absolute Gasteiger partial charge is 0.257 e. The van der Waals surface area contributed by atoms with Gasteiger partial charge in [-0.1, -0.05) is 24.3 Å². The van der Waals surface area contributed by atoms with Crippen LogP contribution in [0.4, 0.5) is 0 Å². The van der Waals surface area contributed by atoms with Gasteiger partial charge in [0.25, 0.3) is 5.91 Å². The van der Waals surface area contributed by atoms with Gasteiger partial charge in [0, 0.05) is 32.7 Å². The number of methoxy groups -OCH3 is 3. The maximum atomic E-state index is 13.1. The van der Waals surface area contributed by atoms with E-state index in [2.05, 4.69) is 36.1 Å². The first kappa shape index (κ1) is 20.0. The molecule has 1 amide bonds. The van der Waals surface area contributed by atoms with Crippen molar-refractivity contribution in [1.29, 1.82) is 0 Å². The van der Waals surface area contributed by atoms with E-state index in [0.717, 1.165) is 19.6 Å². The molecule has 1 aliphatic rings. The Morgan fingerprint density at radius 2 is 1.57 bits per heavy atom. The lowest BCUT2D eigenvalue weighted by molar-refractivity contribution is 0.0624. The van der Waals surface area contributed by atoms with Gasteiger partial charge in [-0.05, 0) is 30.2 Å². The maximum Gasteiger partial charge on any atom is 0.257 e. The third kappa shape index (κ3) is 4.07. The molecule has 1 fully saturated rings. The van der Waals surface area contributed by atoms with E-state index >= 15 is 0 Å². The van der Waals surface area contributed by atoms with E-state index in [1.165, 1.54) is 18.2 Å². The molecule has 0 aliphatic carbocycles. The van der Waals surface area contributed by atoms with Gasteiger partial charge in [-0.3, -0.25) is 9.69 Å². The molecule has 0 saturated carbocycles. The van der Waals surface area contributed by atoms with E-state index in [1.807, 2.05) is 4.90 Å². The third-order valence-electron chi connectivity index (χ3n) is 5.25. The Balaban J connectivity index is 1.69. The Morgan fingerprint density at radius 1 is 0.893 bits per heavy atom. The number of nitrogens with zero attached hydrogens (tertiary/aromatic N) is 2. The molecule has 6 nitrogen and oxygen atoms in total. The summed E-state index contributed by atoms with van der Waals surface area (Å²) < 4.78 is 16.2. The Labute approximate surface area is 166 Å². The summed E-state index contributed by atoms with van der Waals surface area (Å²) in [7, 11) is 4.64. The van der Waals surface area contributed by atoms with Crippen LogP contribution in [0.3, 0.4) is 0 Å². The summed E-state index contributed by atoms with van der Waals surface area (Å²) in [6.45, 7) is 6.10. The highest BCUT2D eigenvalue weighted by molar-refractivity contribution is 5.98. The van der Waals surface area contributed by atoms with Crippen molar-refractivity contribution in [3.63, 3.8) is 0 Å². The van der Waals surface area contributed by atoms with Gasteiger partial charge >= 0.3 is 0 Å². The Bertz CT molecular complexity index is 829. The highest BCUT2D eigenvalue weighted by Crippen LogP contribution is 2.40. The first-order valence-electron chi connectivity index (χ1n) is 9.44. The van der Waals surface area contributed by atoms with Gasteiger partial charge < -0.3 is 19.1 Å². The molecule has 1 aliphatic heterocycles. The summed E-state index contributed by atoms with van der Waals surface area (Å²) in [5.74, 6) is 1.34. The van der Waals surface area contributed by atoms with Gasteiger partial charge in [-0.25, -0.2) is 0 Å². The number of hydrogen-bond donors (Lipinski definition) is 0. The van der Waals surface area contributed by atoms with E-state index in [1.54, 1.807) is 26.4 Å². The largest absolute Gasteiger partial charge is 0.493 e. The summed E-state index contributed by atoms with van der Waals surface area (Å²) in [6, 6.07) is 11.9. The molecule has 0 aromatic heterocycles. The minimum atomic E-state index is -0.0478. The molecule has 6 heteroatoms. The zero-order chi connectivity index (χ0) is 20.1. The molecule has 0 spiro atoms. The number of carbonyl (C=O) groups excluding carboxylic acids is 1. The van der Waals surface area contributed by atoms with Crippen LogP contribution in [0, 0.1) is 6.92 Å². The molecule has 0 N–H and O–H groups in total. The standard InChI is InChI=1S/C22H28N2O4/c1-16-7-5-6-8-17(16)15-23-11-13-24(14-12-23)22(25)18-9-10-19(26-2)21(28-4)20(18)27-3/h5-10H,11-15H2,1-4H3. The molecule has 3 rings (SSSR count). The van der Waals surface area contributed by atoms with Crippen LogP contribution >= 0.6 is 0 Å². The van der Waals surface area contributed by atoms with Crippen molar-refractivity contribution in [2.24, 2.45) is 0 Å². The van der Waals surface area contributed by atoms with Crippen molar-refractivity contribution in [3.05, 3.63) is 53.1 Å². The van der Waals surface area contributed by atoms with Gasteiger partial charge in [-0.15, -0.1) is 0 Å². The number of piperazine rings is 1. The number of rotatable bonds is 6. The van der Waals surface area contributed by atoms with Crippen LogP contribution < -0.4 is 14.2 Å². The molecular weight excluding hydrogens is 356 g/mol. The normalized spacial score (nSPS) is 14.6. The Morgan fingerprint density at radius 3 is 2.18 bits per heavy atom. The van der Waals surface area contributed by atoms with Crippen molar-refractivity contribution in [3.8, 4) is 17.2 Å². The number of hydrogen-bond acceptors (Lipinski definition) is 5. The number of amides is 1. The summed E-state index contributed by atoms with van der Waals surface area (Å²) in [6.07, 6.45) is 0. The monoisotopic (exact) mass is 384 g/mol. The lowest BCUT2D eigenvalue weighted by Crippen LogP contribution is -2.48. The van der Waals surface area contributed by atoms with Crippen LogP contribution in [0.15, 0.2) is 36.4 Å². The van der Waals surface area contributed by atoms with Crippen LogP contribution in [0.1, 0.15) is 21.5 Å². The molecule has 0 radical (unpaired) electrons. The quantitative estimate of drug-likeness (QED) is 0.766. The van der Waals surface area contributed by atoms with Gasteiger partial charge in [0.15, 0.2) is 11.5 Å². The predicted octanol–water partition coefficient (Wildman–Crippen LogP) is 2.98. The number of benzene rings is 2. The van der Waals surface area contributed by atoms with Gasteiger partial charge in [-0.2, -0.15) is 0 Å². The SMILES string of the molecule is COc1ccc(C(=O)N2CCN(Cc3ccccc3C)CC2)c(OC)c1OC. The summed E-state index contributed by atoms with van der Waals surface area (Å²) >= 11 is 0. The second-order valence-electron chi connectivity index (χ2n) is 6.88. The second kappa shape index (κ2) is 8.97. The van der Waals surface area contributed by atoms with Crippen LogP contribution in [-0.4, -0.2) is 63.2 Å². The molecule has 1 heterocycles. The molecular formula is C22H28N2O4. The molecule has 2 aromatic rings. The lowest BCUT2D eigenvalue weighted by Gasteiger charge is -2.35. The van der Waals surface area contributed by atoms with Crippen LogP contribution in [0.2, 0.25) is 0 Å². The molecule has 0 bridgehead atoms. The zero-order valence-corrected chi connectivity index (χ0v) is 17.0. The van der Waals surface area contributed by atoms with Gasteiger partial charge in [0.2, 0.25) is 5.75 Å². The lowest BCUT2D eigenvalue weighted by atomic mass is 10.1. The van der Waals surface area contributed by atoms with Crippen LogP contribution in [-0.2, 0) is 6.54 Å². The molecule has 28 heavy (non-hydrogen) atoms. The van der Waals surface area contributed by atoms with Crippen molar-refractivity contribution in [1.82, 2.24) is 9.80 Å². The van der Waals surface area contributed by atoms with Crippen LogP contribution in [0.25, 0.3) is 0 Å². The Hall–Kier alpha value is -2.73. The fourth-order valence-corrected chi connectivity index (χ4v) is 3.58. The fraction of sp³-hybridized carbons (Fsp3) is 0.409. The summed E-state index contributed by atoms with van der Waals surface area (Å²) in [5, 5.41) is 0. The first-order chi connectivity index (χ1) is 13.6. The summed E-state index contributed by atoms with van der Waals surface area (Å²) in [5.41, 5.74) is 3.13. The van der Waals surface area contributed by atoms with Crippen molar-refractivity contribution in [2.45, 2.75) is 13.5 Å². The van der Waals surface area contributed by atoms with Crippen LogP contribution in [0.5, 0.6) is 17.2 Å². The summed E-state index contributed by atoms with van der Waals surface area (Å²) in [4.78, 5) is 17.4. The number of carbonyl (C=O) groups is 1. The minimum absolute atomic E-state index is 0.0478. The highest BCUT2D eigenvalue weighted by atomic mass is 16.5. The first-order valence-corrected chi connectivity index (χ1v) is 9.44. The van der Waals surface area contributed by atoms with Gasteiger partial charge in [0.1, 0.15) is 0 Å². The average Bonchev–Trinajstić information content (AvgIpc) is 2.74. The van der Waals surface area contributed by atoms with E-state index < -0.39 is 0 Å². The third-order valence-corrected chi connectivity index (χ3v) is 5.25. The van der Waals surface area contributed by atoms with Crippen molar-refractivity contribution in [2.75, 3.05) is 47.5 Å².